The fourth-order valence-electron chi connectivity index (χ4n) is 2.94. The first-order valence-corrected chi connectivity index (χ1v) is 11.0. The first-order chi connectivity index (χ1) is 15.3. The van der Waals surface area contributed by atoms with E-state index in [2.05, 4.69) is 20.1 Å². The number of H-pyrrole nitrogens is 2. The van der Waals surface area contributed by atoms with Crippen molar-refractivity contribution in [3.8, 4) is 5.69 Å². The van der Waals surface area contributed by atoms with Gasteiger partial charge in [-0.2, -0.15) is 9.78 Å². The predicted octanol–water partition coefficient (Wildman–Crippen LogP) is 3.85. The summed E-state index contributed by atoms with van der Waals surface area (Å²) >= 11 is 20.5. The summed E-state index contributed by atoms with van der Waals surface area (Å²) in [6.07, 6.45) is 2.36. The van der Waals surface area contributed by atoms with Crippen molar-refractivity contribution in [1.82, 2.24) is 24.7 Å². The lowest BCUT2D eigenvalue weighted by Gasteiger charge is -2.21. The lowest BCUT2D eigenvalue weighted by atomic mass is 10.0. The number of nitrogens with zero attached hydrogens (tertiary/aromatic N) is 3. The number of rotatable bonds is 5. The van der Waals surface area contributed by atoms with Gasteiger partial charge in [0, 0.05) is 27.9 Å². The molecule has 0 aliphatic carbocycles. The Labute approximate surface area is 199 Å². The average molecular weight is 509 g/mol. The van der Waals surface area contributed by atoms with Crippen molar-refractivity contribution >= 4 is 46.6 Å². The third-order valence-electron chi connectivity index (χ3n) is 4.36. The lowest BCUT2D eigenvalue weighted by Crippen LogP contribution is -2.30. The van der Waals surface area contributed by atoms with Crippen LogP contribution in [-0.2, 0) is 0 Å². The molecule has 162 valence electrons. The Morgan fingerprint density at radius 2 is 1.66 bits per heavy atom. The van der Waals surface area contributed by atoms with Crippen LogP contribution in [-0.4, -0.2) is 24.7 Å². The summed E-state index contributed by atoms with van der Waals surface area (Å²) in [5, 5.41) is 4.68. The molecule has 0 aliphatic rings. The highest BCUT2D eigenvalue weighted by atomic mass is 35.5. The third-order valence-corrected chi connectivity index (χ3v) is 6.51. The second kappa shape index (κ2) is 9.33. The van der Waals surface area contributed by atoms with Crippen molar-refractivity contribution < 1.29 is 0 Å². The van der Waals surface area contributed by atoms with Gasteiger partial charge in [0.25, 0.3) is 11.1 Å². The molecule has 4 rings (SSSR count). The molecule has 0 radical (unpaired) electrons. The van der Waals surface area contributed by atoms with Gasteiger partial charge in [0.1, 0.15) is 6.20 Å². The fourth-order valence-corrected chi connectivity index (χ4v) is 5.03. The SMILES string of the molecule is O=c1ccnc(SC(c2ccc(Cl)cc2)c2c(Cl)ccc(-n3ncc(=O)[nH]c3=O)c2Cl)[nH]1. The van der Waals surface area contributed by atoms with E-state index >= 15 is 0 Å². The summed E-state index contributed by atoms with van der Waals surface area (Å²) in [5.41, 5.74) is -0.241. The van der Waals surface area contributed by atoms with E-state index in [9.17, 15) is 14.4 Å². The Kier molecular flexibility index (Phi) is 6.52. The molecular formula is C20H12Cl3N5O3S. The van der Waals surface area contributed by atoms with E-state index in [-0.39, 0.29) is 16.3 Å². The van der Waals surface area contributed by atoms with Crippen LogP contribution in [0.4, 0.5) is 0 Å². The molecule has 0 saturated heterocycles. The molecule has 0 amide bonds. The minimum Gasteiger partial charge on any atom is -0.301 e. The van der Waals surface area contributed by atoms with Crippen LogP contribution in [0, 0.1) is 0 Å². The molecule has 0 saturated carbocycles. The molecule has 0 spiro atoms. The van der Waals surface area contributed by atoms with Gasteiger partial charge in [0.2, 0.25) is 0 Å². The molecule has 0 fully saturated rings. The molecule has 12 heteroatoms. The molecule has 8 nitrogen and oxygen atoms in total. The predicted molar refractivity (Wildman–Crippen MR) is 124 cm³/mol. The quantitative estimate of drug-likeness (QED) is 0.313. The highest BCUT2D eigenvalue weighted by molar-refractivity contribution is 7.99. The van der Waals surface area contributed by atoms with Crippen LogP contribution in [0.25, 0.3) is 5.69 Å². The standard InChI is InChI=1S/C20H12Cl3N5O3S/c21-11-3-1-10(2-4-11)18(32-19-24-8-7-14(29)26-19)16-12(22)5-6-13(17(16)23)28-20(31)27-15(30)9-25-28/h1-9,18H,(H,24,26,29)(H,27,30,31). The number of aromatic nitrogens is 5. The maximum absolute atomic E-state index is 12.3. The third kappa shape index (κ3) is 4.66. The van der Waals surface area contributed by atoms with E-state index in [1.54, 1.807) is 30.3 Å². The van der Waals surface area contributed by atoms with Crippen LogP contribution in [0.3, 0.4) is 0 Å². The Morgan fingerprint density at radius 3 is 2.34 bits per heavy atom. The van der Waals surface area contributed by atoms with Gasteiger partial charge >= 0.3 is 5.69 Å². The van der Waals surface area contributed by atoms with Crippen LogP contribution in [0.5, 0.6) is 0 Å². The monoisotopic (exact) mass is 507 g/mol. The molecule has 2 N–H and O–H groups in total. The summed E-state index contributed by atoms with van der Waals surface area (Å²) in [6, 6.07) is 11.4. The van der Waals surface area contributed by atoms with Crippen LogP contribution < -0.4 is 16.8 Å². The summed E-state index contributed by atoms with van der Waals surface area (Å²) in [6.45, 7) is 0. The number of thioether (sulfide) groups is 1. The van der Waals surface area contributed by atoms with Crippen LogP contribution >= 0.6 is 46.6 Å². The normalized spacial score (nSPS) is 12.0. The van der Waals surface area contributed by atoms with Crippen LogP contribution in [0.1, 0.15) is 16.4 Å². The lowest BCUT2D eigenvalue weighted by molar-refractivity contribution is 0.749. The summed E-state index contributed by atoms with van der Waals surface area (Å²) in [5.74, 6) is 0. The smallest absolute Gasteiger partial charge is 0.301 e. The van der Waals surface area contributed by atoms with Gasteiger partial charge in [-0.3, -0.25) is 14.6 Å². The van der Waals surface area contributed by atoms with Gasteiger partial charge in [-0.1, -0.05) is 58.7 Å². The number of halogens is 3. The number of hydrogen-bond donors (Lipinski definition) is 2. The molecule has 1 atom stereocenters. The maximum atomic E-state index is 12.3. The maximum Gasteiger partial charge on any atom is 0.349 e. The van der Waals surface area contributed by atoms with E-state index in [0.717, 1.165) is 16.4 Å². The van der Waals surface area contributed by atoms with Gasteiger partial charge in [-0.25, -0.2) is 9.78 Å². The second-order valence-corrected chi connectivity index (χ2v) is 8.75. The molecular weight excluding hydrogens is 497 g/mol. The van der Waals surface area contributed by atoms with Crippen LogP contribution in [0.2, 0.25) is 15.1 Å². The molecule has 2 aromatic carbocycles. The van der Waals surface area contributed by atoms with Gasteiger partial charge in [0.15, 0.2) is 5.16 Å². The number of benzene rings is 2. The summed E-state index contributed by atoms with van der Waals surface area (Å²) in [4.78, 5) is 44.5. The average Bonchev–Trinajstić information content (AvgIpc) is 2.75. The van der Waals surface area contributed by atoms with E-state index in [1.165, 1.54) is 30.1 Å². The van der Waals surface area contributed by atoms with Gasteiger partial charge in [-0.05, 0) is 29.8 Å². The van der Waals surface area contributed by atoms with Crippen molar-refractivity contribution in [2.45, 2.75) is 10.4 Å². The van der Waals surface area contributed by atoms with E-state index < -0.39 is 16.5 Å². The minimum absolute atomic E-state index is 0.143. The largest absolute Gasteiger partial charge is 0.349 e. The van der Waals surface area contributed by atoms with Crippen molar-refractivity contribution in [3.63, 3.8) is 0 Å². The van der Waals surface area contributed by atoms with Gasteiger partial charge in [0.05, 0.1) is 16.0 Å². The Bertz CT molecular complexity index is 1470. The highest BCUT2D eigenvalue weighted by Gasteiger charge is 2.25. The van der Waals surface area contributed by atoms with Crippen molar-refractivity contribution in [1.29, 1.82) is 0 Å². The highest BCUT2D eigenvalue weighted by Crippen LogP contribution is 2.46. The van der Waals surface area contributed by atoms with E-state index in [1.807, 2.05) is 0 Å². The topological polar surface area (TPSA) is 113 Å². The molecule has 2 heterocycles. The Hall–Kier alpha value is -2.85. The van der Waals surface area contributed by atoms with Gasteiger partial charge < -0.3 is 4.98 Å². The number of nitrogens with one attached hydrogen (secondary N) is 2. The van der Waals surface area contributed by atoms with Crippen molar-refractivity contribution in [2.24, 2.45) is 0 Å². The van der Waals surface area contributed by atoms with Gasteiger partial charge in [-0.15, -0.1) is 0 Å². The second-order valence-electron chi connectivity index (χ2n) is 6.43. The Morgan fingerprint density at radius 1 is 0.906 bits per heavy atom. The first-order valence-electron chi connectivity index (χ1n) is 8.98. The molecule has 4 aromatic rings. The number of hydrogen-bond acceptors (Lipinski definition) is 6. The molecule has 1 unspecified atom stereocenters. The summed E-state index contributed by atoms with van der Waals surface area (Å²) < 4.78 is 0.968. The molecule has 32 heavy (non-hydrogen) atoms. The molecule has 2 aromatic heterocycles. The van der Waals surface area contributed by atoms with E-state index in [4.69, 9.17) is 34.8 Å². The Balaban J connectivity index is 1.92. The van der Waals surface area contributed by atoms with Crippen LogP contribution in [0.15, 0.2) is 74.4 Å². The van der Waals surface area contributed by atoms with Crippen molar-refractivity contribution in [3.05, 3.63) is 112 Å². The zero-order chi connectivity index (χ0) is 22.8. The zero-order valence-electron chi connectivity index (χ0n) is 15.9. The molecule has 0 bridgehead atoms. The zero-order valence-corrected chi connectivity index (χ0v) is 19.0. The summed E-state index contributed by atoms with van der Waals surface area (Å²) in [7, 11) is 0. The van der Waals surface area contributed by atoms with Crippen molar-refractivity contribution in [2.75, 3.05) is 0 Å². The molecule has 0 aliphatic heterocycles. The number of aromatic amines is 2. The first kappa shape index (κ1) is 22.3. The van der Waals surface area contributed by atoms with E-state index in [0.29, 0.717) is 20.8 Å². The fraction of sp³-hybridized carbons (Fsp3) is 0.0500. The minimum atomic E-state index is -0.752.